The van der Waals surface area contributed by atoms with Crippen molar-refractivity contribution >= 4 is 45.3 Å². The van der Waals surface area contributed by atoms with Gasteiger partial charge in [0, 0.05) is 24.3 Å². The average Bonchev–Trinajstić information content (AvgIpc) is 2.79. The van der Waals surface area contributed by atoms with E-state index in [1.165, 1.54) is 21.6 Å². The highest BCUT2D eigenvalue weighted by atomic mass is 33.1. The van der Waals surface area contributed by atoms with Crippen LogP contribution in [0.25, 0.3) is 0 Å². The summed E-state index contributed by atoms with van der Waals surface area (Å²) in [6.45, 7) is 4.25. The number of carbonyl (C=O) groups is 4. The molecule has 0 aromatic rings. The number of carbonyl (C=O) groups excluding carboxylic acids is 2. The monoisotopic (exact) mass is 520 g/mol. The molecule has 0 aliphatic rings. The molecule has 0 heterocycles. The number of carboxylic acids is 2. The van der Waals surface area contributed by atoms with E-state index in [1.807, 2.05) is 0 Å². The van der Waals surface area contributed by atoms with Crippen molar-refractivity contribution in [2.75, 3.05) is 11.5 Å². The van der Waals surface area contributed by atoms with Gasteiger partial charge in [-0.1, -0.05) is 86.8 Å². The first-order valence-corrected chi connectivity index (χ1v) is 15.1. The molecule has 0 saturated heterocycles. The first-order chi connectivity index (χ1) is 16.3. The number of hydrogen-bond acceptors (Lipinski definition) is 6. The van der Waals surface area contributed by atoms with E-state index in [9.17, 15) is 29.4 Å². The van der Waals surface area contributed by atoms with E-state index in [4.69, 9.17) is 0 Å². The lowest BCUT2D eigenvalue weighted by atomic mass is 10.1. The number of nitrogens with one attached hydrogen (secondary N) is 2. The van der Waals surface area contributed by atoms with Gasteiger partial charge in [-0.2, -0.15) is 0 Å². The van der Waals surface area contributed by atoms with E-state index in [1.54, 1.807) is 0 Å². The first kappa shape index (κ1) is 32.6. The highest BCUT2D eigenvalue weighted by Gasteiger charge is 2.21. The molecule has 0 radical (unpaired) electrons. The zero-order valence-corrected chi connectivity index (χ0v) is 22.4. The second-order valence-corrected chi connectivity index (χ2v) is 11.2. The van der Waals surface area contributed by atoms with Gasteiger partial charge in [0.25, 0.3) is 0 Å². The predicted octanol–water partition coefficient (Wildman–Crippen LogP) is 5.01. The Balaban J connectivity index is 4.08. The van der Waals surface area contributed by atoms with Crippen molar-refractivity contribution in [2.45, 2.75) is 116 Å². The fraction of sp³-hybridized carbons (Fsp3) is 0.833. The second kappa shape index (κ2) is 22.1. The fourth-order valence-corrected chi connectivity index (χ4v) is 5.46. The van der Waals surface area contributed by atoms with Crippen LogP contribution >= 0.6 is 21.6 Å². The van der Waals surface area contributed by atoms with Gasteiger partial charge in [-0.3, -0.25) is 9.59 Å². The molecule has 198 valence electrons. The molecule has 0 aliphatic heterocycles. The molecule has 0 spiro atoms. The van der Waals surface area contributed by atoms with E-state index in [0.29, 0.717) is 37.2 Å². The Kier molecular flexibility index (Phi) is 21.1. The zero-order chi connectivity index (χ0) is 25.6. The topological polar surface area (TPSA) is 133 Å². The van der Waals surface area contributed by atoms with Crippen molar-refractivity contribution < 1.29 is 29.4 Å². The molecular formula is C24H44N2O6S2. The SMILES string of the molecule is CCCCCCCC(=O)NC(CCSSCC[C@H](NC(=O)CCCCCCC)C(=O)O)C(=O)O. The molecule has 0 saturated carbocycles. The Morgan fingerprint density at radius 1 is 0.618 bits per heavy atom. The minimum atomic E-state index is -1.05. The summed E-state index contributed by atoms with van der Waals surface area (Å²) < 4.78 is 0. The van der Waals surface area contributed by atoms with Crippen LogP contribution in [0.15, 0.2) is 0 Å². The predicted molar refractivity (Wildman–Crippen MR) is 140 cm³/mol. The third-order valence-electron chi connectivity index (χ3n) is 5.34. The zero-order valence-electron chi connectivity index (χ0n) is 20.8. The quantitative estimate of drug-likeness (QED) is 0.109. The van der Waals surface area contributed by atoms with Gasteiger partial charge in [-0.05, 0) is 25.7 Å². The summed E-state index contributed by atoms with van der Waals surface area (Å²) in [5, 5.41) is 23.9. The molecule has 2 amide bonds. The molecule has 0 rings (SSSR count). The minimum absolute atomic E-state index is 0.230. The van der Waals surface area contributed by atoms with Gasteiger partial charge in [0.1, 0.15) is 12.1 Å². The minimum Gasteiger partial charge on any atom is -0.480 e. The summed E-state index contributed by atoms with van der Waals surface area (Å²) in [6.07, 6.45) is 11.5. The van der Waals surface area contributed by atoms with E-state index >= 15 is 0 Å². The van der Waals surface area contributed by atoms with Crippen LogP contribution in [0, 0.1) is 0 Å². The number of unbranched alkanes of at least 4 members (excludes halogenated alkanes) is 8. The second-order valence-electron chi connectivity index (χ2n) is 8.47. The van der Waals surface area contributed by atoms with Crippen LogP contribution in [0.3, 0.4) is 0 Å². The molecule has 1 unspecified atom stereocenters. The normalized spacial score (nSPS) is 12.6. The number of hydrogen-bond donors (Lipinski definition) is 4. The van der Waals surface area contributed by atoms with Gasteiger partial charge in [-0.15, -0.1) is 0 Å². The molecule has 0 aromatic carbocycles. The van der Waals surface area contributed by atoms with E-state index in [2.05, 4.69) is 24.5 Å². The lowest BCUT2D eigenvalue weighted by molar-refractivity contribution is -0.142. The molecule has 2 atom stereocenters. The van der Waals surface area contributed by atoms with Gasteiger partial charge < -0.3 is 20.8 Å². The molecule has 10 heteroatoms. The average molecular weight is 521 g/mol. The van der Waals surface area contributed by atoms with Crippen LogP contribution in [-0.4, -0.2) is 57.6 Å². The Morgan fingerprint density at radius 3 is 1.29 bits per heavy atom. The Bertz CT molecular complexity index is 542. The van der Waals surface area contributed by atoms with Gasteiger partial charge in [-0.25, -0.2) is 9.59 Å². The molecular weight excluding hydrogens is 476 g/mol. The maximum atomic E-state index is 12.0. The summed E-state index contributed by atoms with van der Waals surface area (Å²) in [4.78, 5) is 46.8. The van der Waals surface area contributed by atoms with E-state index < -0.39 is 24.0 Å². The van der Waals surface area contributed by atoms with Gasteiger partial charge >= 0.3 is 11.9 Å². The lowest BCUT2D eigenvalue weighted by Gasteiger charge is -2.15. The van der Waals surface area contributed by atoms with Crippen molar-refractivity contribution in [2.24, 2.45) is 0 Å². The van der Waals surface area contributed by atoms with Gasteiger partial charge in [0.05, 0.1) is 0 Å². The number of carboxylic acid groups (broad SMARTS) is 2. The number of aliphatic carboxylic acids is 2. The van der Waals surface area contributed by atoms with Crippen LogP contribution in [0.2, 0.25) is 0 Å². The standard InChI is InChI=1S/C24H44N2O6S2/c1-3-5-7-9-11-13-21(27)25-19(23(29)30)15-17-33-34-18-16-20(24(31)32)26-22(28)14-12-10-8-6-4-2/h19-20H,3-18H2,1-2H3,(H,25,27)(H,26,28)(H,29,30)(H,31,32)/t19-,20?/m0/s1. The molecule has 0 aromatic heterocycles. The van der Waals surface area contributed by atoms with Crippen LogP contribution < -0.4 is 10.6 Å². The smallest absolute Gasteiger partial charge is 0.326 e. The molecule has 0 fully saturated rings. The summed E-state index contributed by atoms with van der Waals surface area (Å²) in [7, 11) is 2.89. The maximum absolute atomic E-state index is 12.0. The summed E-state index contributed by atoms with van der Waals surface area (Å²) in [5.74, 6) is -1.53. The molecule has 0 aliphatic carbocycles. The van der Waals surface area contributed by atoms with Gasteiger partial charge in [0.15, 0.2) is 0 Å². The van der Waals surface area contributed by atoms with Crippen LogP contribution in [-0.2, 0) is 19.2 Å². The largest absolute Gasteiger partial charge is 0.480 e. The van der Waals surface area contributed by atoms with Crippen molar-refractivity contribution in [1.82, 2.24) is 10.6 Å². The highest BCUT2D eigenvalue weighted by Crippen LogP contribution is 2.24. The lowest BCUT2D eigenvalue weighted by Crippen LogP contribution is -2.41. The van der Waals surface area contributed by atoms with Crippen LogP contribution in [0.4, 0.5) is 0 Å². The maximum Gasteiger partial charge on any atom is 0.326 e. The summed E-state index contributed by atoms with van der Waals surface area (Å²) in [5.41, 5.74) is 0. The number of rotatable bonds is 23. The molecule has 4 N–H and O–H groups in total. The molecule has 8 nitrogen and oxygen atoms in total. The number of amides is 2. The third kappa shape index (κ3) is 18.9. The van der Waals surface area contributed by atoms with E-state index in [-0.39, 0.29) is 11.8 Å². The van der Waals surface area contributed by atoms with Crippen molar-refractivity contribution in [3.63, 3.8) is 0 Å². The Morgan fingerprint density at radius 2 is 0.971 bits per heavy atom. The van der Waals surface area contributed by atoms with Gasteiger partial charge in [0.2, 0.25) is 11.8 Å². The molecule has 0 bridgehead atoms. The Hall–Kier alpha value is -1.42. The Labute approximate surface area is 212 Å². The van der Waals surface area contributed by atoms with Crippen molar-refractivity contribution in [3.05, 3.63) is 0 Å². The summed E-state index contributed by atoms with van der Waals surface area (Å²) in [6, 6.07) is -1.83. The first-order valence-electron chi connectivity index (χ1n) is 12.6. The third-order valence-corrected chi connectivity index (χ3v) is 7.82. The van der Waals surface area contributed by atoms with Crippen LogP contribution in [0.1, 0.15) is 104 Å². The molecule has 34 heavy (non-hydrogen) atoms. The fourth-order valence-electron chi connectivity index (χ4n) is 3.28. The highest BCUT2D eigenvalue weighted by molar-refractivity contribution is 8.76. The van der Waals surface area contributed by atoms with E-state index in [0.717, 1.165) is 64.2 Å². The summed E-state index contributed by atoms with van der Waals surface area (Å²) >= 11 is 0. The van der Waals surface area contributed by atoms with Crippen LogP contribution in [0.5, 0.6) is 0 Å². The van der Waals surface area contributed by atoms with Crippen molar-refractivity contribution in [1.29, 1.82) is 0 Å². The van der Waals surface area contributed by atoms with Crippen molar-refractivity contribution in [3.8, 4) is 0 Å².